The van der Waals surface area contributed by atoms with Crippen molar-refractivity contribution in [2.45, 2.75) is 6.18 Å². The Morgan fingerprint density at radius 3 is 2.60 bits per heavy atom. The molecule has 0 bridgehead atoms. The summed E-state index contributed by atoms with van der Waals surface area (Å²) in [6.07, 6.45) is -4.53. The molecular weight excluding hydrogens is 253 g/mol. The second-order valence-corrected chi connectivity index (χ2v) is 3.21. The van der Waals surface area contributed by atoms with Crippen LogP contribution in [-0.4, -0.2) is 4.21 Å². The van der Waals surface area contributed by atoms with Crippen molar-refractivity contribution in [3.8, 4) is 0 Å². The molecule has 8 heteroatoms. The minimum atomic E-state index is -4.53. The highest BCUT2D eigenvalue weighted by Crippen LogP contribution is 2.36. The number of alkyl halides is 3. The molecule has 0 spiro atoms. The Morgan fingerprint density at radius 1 is 1.40 bits per heavy atom. The van der Waals surface area contributed by atoms with Crippen LogP contribution < -0.4 is 5.43 Å². The first kappa shape index (κ1) is 12.0. The number of benzene rings is 1. The third kappa shape index (κ3) is 3.21. The smallest absolute Gasteiger partial charge is 0.265 e. The summed E-state index contributed by atoms with van der Waals surface area (Å²) in [6, 6.07) is 3.15. The van der Waals surface area contributed by atoms with E-state index in [1.165, 1.54) is 6.07 Å². The fourth-order valence-electron chi connectivity index (χ4n) is 0.883. The zero-order valence-corrected chi connectivity index (χ0v) is 8.58. The number of hydrogen-bond acceptors (Lipinski definition) is 2. The predicted molar refractivity (Wildman–Crippen MR) is 50.6 cm³/mol. The van der Waals surface area contributed by atoms with Gasteiger partial charge in [-0.05, 0) is 18.2 Å². The van der Waals surface area contributed by atoms with Crippen molar-refractivity contribution in [3.05, 3.63) is 28.8 Å². The lowest BCUT2D eigenvalue weighted by Gasteiger charge is -2.09. The lowest BCUT2D eigenvalue weighted by Crippen LogP contribution is -2.06. The van der Waals surface area contributed by atoms with Crippen molar-refractivity contribution < 1.29 is 17.4 Å². The lowest BCUT2D eigenvalue weighted by atomic mass is 10.2. The second kappa shape index (κ2) is 4.63. The summed E-state index contributed by atoms with van der Waals surface area (Å²) in [4.78, 5) is 0. The molecule has 3 nitrogen and oxygen atoms in total. The molecule has 1 aromatic carbocycles. The average molecular weight is 257 g/mol. The van der Waals surface area contributed by atoms with Crippen molar-refractivity contribution in [2.24, 2.45) is 4.47 Å². The van der Waals surface area contributed by atoms with Gasteiger partial charge in [-0.2, -0.15) is 17.4 Å². The Morgan fingerprint density at radius 2 is 2.07 bits per heavy atom. The summed E-state index contributed by atoms with van der Waals surface area (Å²) >= 11 is 5.23. The van der Waals surface area contributed by atoms with Crippen LogP contribution in [0.5, 0.6) is 0 Å². The maximum Gasteiger partial charge on any atom is 0.417 e. The van der Waals surface area contributed by atoms with Gasteiger partial charge in [-0.15, -0.1) is 0 Å². The third-order valence-corrected chi connectivity index (χ3v) is 1.98. The fourth-order valence-corrected chi connectivity index (χ4v) is 1.25. The Balaban J connectivity index is 3.11. The Bertz CT molecular complexity index is 417. The molecule has 0 fully saturated rings. The molecule has 1 rings (SSSR count). The molecule has 0 aliphatic heterocycles. The minimum Gasteiger partial charge on any atom is -0.265 e. The van der Waals surface area contributed by atoms with Crippen molar-refractivity contribution >= 4 is 28.8 Å². The van der Waals surface area contributed by atoms with Crippen molar-refractivity contribution in [1.29, 1.82) is 0 Å². The van der Waals surface area contributed by atoms with E-state index in [4.69, 9.17) is 11.6 Å². The van der Waals surface area contributed by atoms with Crippen LogP contribution in [0.15, 0.2) is 22.7 Å². The van der Waals surface area contributed by atoms with Crippen molar-refractivity contribution in [2.75, 3.05) is 5.43 Å². The average Bonchev–Trinajstić information content (AvgIpc) is 2.15. The van der Waals surface area contributed by atoms with Gasteiger partial charge in [0.2, 0.25) is 11.5 Å². The molecule has 15 heavy (non-hydrogen) atoms. The first-order valence-corrected chi connectivity index (χ1v) is 4.64. The van der Waals surface area contributed by atoms with Crippen LogP contribution >= 0.6 is 11.6 Å². The van der Waals surface area contributed by atoms with Crippen LogP contribution in [0.3, 0.4) is 0 Å². The molecular formula is C7H4ClF3N2OS. The van der Waals surface area contributed by atoms with E-state index in [0.717, 1.165) is 12.1 Å². The monoisotopic (exact) mass is 256 g/mol. The quantitative estimate of drug-likeness (QED) is 0.826. The number of rotatable bonds is 2. The highest BCUT2D eigenvalue weighted by molar-refractivity contribution is 7.54. The second-order valence-electron chi connectivity index (χ2n) is 2.47. The van der Waals surface area contributed by atoms with E-state index in [-0.39, 0.29) is 17.2 Å². The zero-order chi connectivity index (χ0) is 11.5. The highest BCUT2D eigenvalue weighted by atomic mass is 35.5. The van der Waals surface area contributed by atoms with E-state index < -0.39 is 16.8 Å². The Hall–Kier alpha value is -1.08. The van der Waals surface area contributed by atoms with Gasteiger partial charge < -0.3 is 0 Å². The predicted octanol–water partition coefficient (Wildman–Crippen LogP) is 3.08. The van der Waals surface area contributed by atoms with Gasteiger partial charge in [0, 0.05) is 0 Å². The third-order valence-electron chi connectivity index (χ3n) is 1.48. The van der Waals surface area contributed by atoms with Crippen LogP contribution in [-0.2, 0) is 17.6 Å². The molecule has 1 aromatic rings. The zero-order valence-electron chi connectivity index (χ0n) is 7.01. The molecule has 0 saturated carbocycles. The number of halogens is 4. The van der Waals surface area contributed by atoms with Gasteiger partial charge in [0.15, 0.2) is 0 Å². The standard InChI is InChI=1S/C7H4ClF3N2OS/c8-6-2-1-4(12-13-15-14)3-5(6)7(9,10)11/h1-3,12H. The first-order chi connectivity index (χ1) is 6.95. The van der Waals surface area contributed by atoms with Crippen molar-refractivity contribution in [3.63, 3.8) is 0 Å². The molecule has 0 amide bonds. The Labute approximate surface area is 91.5 Å². The SMILES string of the molecule is O=S=NNc1ccc(Cl)c(C(F)(F)F)c1. The molecule has 0 unspecified atom stereocenters. The minimum absolute atomic E-state index is 0.0510. The lowest BCUT2D eigenvalue weighted by molar-refractivity contribution is -0.137. The van der Waals surface area contributed by atoms with Gasteiger partial charge in [-0.3, -0.25) is 5.43 Å². The van der Waals surface area contributed by atoms with Crippen LogP contribution in [0.1, 0.15) is 5.56 Å². The summed E-state index contributed by atoms with van der Waals surface area (Å²) in [5.74, 6) is 0. The summed E-state index contributed by atoms with van der Waals surface area (Å²) in [6.45, 7) is 0. The van der Waals surface area contributed by atoms with Crippen LogP contribution in [0.4, 0.5) is 18.9 Å². The van der Waals surface area contributed by atoms with Crippen LogP contribution in [0.25, 0.3) is 0 Å². The normalized spacial score (nSPS) is 10.9. The molecule has 1 N–H and O–H groups in total. The fraction of sp³-hybridized carbons (Fsp3) is 0.143. The van der Waals surface area contributed by atoms with Gasteiger partial charge >= 0.3 is 6.18 Å². The maximum absolute atomic E-state index is 12.3. The number of hydrogen-bond donors (Lipinski definition) is 1. The van der Waals surface area contributed by atoms with E-state index in [9.17, 15) is 17.4 Å². The van der Waals surface area contributed by atoms with Gasteiger partial charge in [0.05, 0.1) is 16.3 Å². The van der Waals surface area contributed by atoms with Gasteiger partial charge in [-0.25, -0.2) is 0 Å². The number of nitrogens with one attached hydrogen (secondary N) is 1. The van der Waals surface area contributed by atoms with Crippen molar-refractivity contribution in [1.82, 2.24) is 0 Å². The molecule has 0 aromatic heterocycles. The van der Waals surface area contributed by atoms with Gasteiger partial charge in [0.25, 0.3) is 0 Å². The molecule has 82 valence electrons. The molecule has 0 aliphatic rings. The summed E-state index contributed by atoms with van der Waals surface area (Å²) in [5, 5.41) is -0.400. The number of nitrogens with zero attached hydrogens (tertiary/aromatic N) is 1. The van der Waals surface area contributed by atoms with E-state index >= 15 is 0 Å². The molecule has 0 saturated heterocycles. The molecule has 0 aliphatic carbocycles. The maximum atomic E-state index is 12.3. The van der Waals surface area contributed by atoms with E-state index in [1.807, 2.05) is 0 Å². The highest BCUT2D eigenvalue weighted by Gasteiger charge is 2.33. The summed E-state index contributed by atoms with van der Waals surface area (Å²) in [7, 11) is 0. The Kier molecular flexibility index (Phi) is 3.70. The van der Waals surface area contributed by atoms with Gasteiger partial charge in [0.1, 0.15) is 0 Å². The first-order valence-electron chi connectivity index (χ1n) is 3.57. The molecule has 0 radical (unpaired) electrons. The topological polar surface area (TPSA) is 41.5 Å². The number of anilines is 1. The van der Waals surface area contributed by atoms with E-state index in [1.54, 1.807) is 0 Å². The molecule has 0 heterocycles. The molecule has 0 atom stereocenters. The summed E-state index contributed by atoms with van der Waals surface area (Å²) < 4.78 is 50.0. The van der Waals surface area contributed by atoms with E-state index in [2.05, 4.69) is 9.90 Å². The largest absolute Gasteiger partial charge is 0.417 e. The van der Waals surface area contributed by atoms with Gasteiger partial charge in [-0.1, -0.05) is 16.1 Å². The van der Waals surface area contributed by atoms with Crippen LogP contribution in [0, 0.1) is 0 Å². The summed E-state index contributed by atoms with van der Waals surface area (Å²) in [5.41, 5.74) is 1.23. The van der Waals surface area contributed by atoms with Crippen LogP contribution in [0.2, 0.25) is 5.02 Å². The van der Waals surface area contributed by atoms with E-state index in [0.29, 0.717) is 0 Å².